The predicted octanol–water partition coefficient (Wildman–Crippen LogP) is 2.99. The van der Waals surface area contributed by atoms with Crippen molar-refractivity contribution in [1.82, 2.24) is 10.7 Å². The molecule has 3 N–H and O–H groups in total. The molecule has 0 fully saturated rings. The van der Waals surface area contributed by atoms with Gasteiger partial charge >= 0.3 is 11.8 Å². The third-order valence-corrected chi connectivity index (χ3v) is 4.01. The number of carbonyl (C=O) groups excluding carboxylic acids is 3. The summed E-state index contributed by atoms with van der Waals surface area (Å²) in [5, 5.41) is 9.60. The molecule has 2 aromatic rings. The molecule has 0 aliphatic heterocycles. The molecular formula is C20H20Cl2N4O4. The zero-order chi connectivity index (χ0) is 22.1. The van der Waals surface area contributed by atoms with Crippen molar-refractivity contribution >= 4 is 52.8 Å². The molecule has 0 aliphatic rings. The van der Waals surface area contributed by atoms with E-state index < -0.39 is 11.8 Å². The van der Waals surface area contributed by atoms with Crippen molar-refractivity contribution in [2.24, 2.45) is 5.10 Å². The fourth-order valence-electron chi connectivity index (χ4n) is 2.12. The van der Waals surface area contributed by atoms with Crippen LogP contribution in [0.5, 0.6) is 5.75 Å². The lowest BCUT2D eigenvalue weighted by Crippen LogP contribution is -2.41. The van der Waals surface area contributed by atoms with Crippen molar-refractivity contribution in [1.29, 1.82) is 0 Å². The first-order valence-electron chi connectivity index (χ1n) is 8.86. The maximum Gasteiger partial charge on any atom is 0.329 e. The van der Waals surface area contributed by atoms with Crippen molar-refractivity contribution in [3.63, 3.8) is 0 Å². The summed E-state index contributed by atoms with van der Waals surface area (Å²) in [6, 6.07) is 11.2. The minimum Gasteiger partial charge on any atom is -0.484 e. The zero-order valence-electron chi connectivity index (χ0n) is 16.2. The average molecular weight is 451 g/mol. The molecule has 0 unspecified atom stereocenters. The zero-order valence-corrected chi connectivity index (χ0v) is 17.8. The number of hydrogen-bond donors (Lipinski definition) is 3. The molecule has 0 radical (unpaired) electrons. The molecule has 0 bridgehead atoms. The van der Waals surface area contributed by atoms with Crippen LogP contribution in [0.2, 0.25) is 10.0 Å². The Labute approximate surface area is 183 Å². The van der Waals surface area contributed by atoms with Crippen LogP contribution in [0, 0.1) is 0 Å². The van der Waals surface area contributed by atoms with Crippen LogP contribution in [-0.4, -0.2) is 36.6 Å². The number of nitrogens with zero attached hydrogens (tertiary/aromatic N) is 1. The van der Waals surface area contributed by atoms with Crippen LogP contribution < -0.4 is 20.8 Å². The smallest absolute Gasteiger partial charge is 0.329 e. The Bertz CT molecular complexity index is 946. The summed E-state index contributed by atoms with van der Waals surface area (Å²) < 4.78 is 5.42. The summed E-state index contributed by atoms with van der Waals surface area (Å²) in [6.45, 7) is 3.27. The largest absolute Gasteiger partial charge is 0.484 e. The van der Waals surface area contributed by atoms with E-state index in [-0.39, 0.29) is 18.6 Å². The molecule has 0 heterocycles. The van der Waals surface area contributed by atoms with Gasteiger partial charge in [0.25, 0.3) is 5.91 Å². The molecule has 3 amide bonds. The first kappa shape index (κ1) is 23.2. The fraction of sp³-hybridized carbons (Fsp3) is 0.200. The fourth-order valence-corrected chi connectivity index (χ4v) is 2.58. The van der Waals surface area contributed by atoms with Crippen molar-refractivity contribution in [2.75, 3.05) is 11.9 Å². The van der Waals surface area contributed by atoms with Gasteiger partial charge in [-0.15, -0.1) is 0 Å². The number of amides is 3. The third-order valence-electron chi connectivity index (χ3n) is 3.46. The Morgan fingerprint density at radius 1 is 1.07 bits per heavy atom. The van der Waals surface area contributed by atoms with Crippen LogP contribution in [0.3, 0.4) is 0 Å². The Kier molecular flexibility index (Phi) is 8.64. The second-order valence-electron chi connectivity index (χ2n) is 6.36. The Morgan fingerprint density at radius 3 is 2.40 bits per heavy atom. The first-order chi connectivity index (χ1) is 14.2. The number of carbonyl (C=O) groups is 3. The molecule has 2 rings (SSSR count). The molecule has 0 saturated carbocycles. The lowest BCUT2D eigenvalue weighted by molar-refractivity contribution is -0.139. The minimum atomic E-state index is -0.855. The van der Waals surface area contributed by atoms with Crippen LogP contribution in [0.1, 0.15) is 19.4 Å². The van der Waals surface area contributed by atoms with E-state index in [1.54, 1.807) is 50.2 Å². The Hall–Kier alpha value is -3.10. The van der Waals surface area contributed by atoms with E-state index in [4.69, 9.17) is 27.9 Å². The molecule has 158 valence electrons. The van der Waals surface area contributed by atoms with Crippen LogP contribution in [0.25, 0.3) is 0 Å². The molecule has 10 heteroatoms. The highest BCUT2D eigenvalue weighted by Crippen LogP contribution is 2.25. The maximum atomic E-state index is 12.0. The molecule has 8 nitrogen and oxygen atoms in total. The topological polar surface area (TPSA) is 109 Å². The number of benzene rings is 2. The molecule has 0 saturated heterocycles. The first-order valence-corrected chi connectivity index (χ1v) is 9.62. The summed E-state index contributed by atoms with van der Waals surface area (Å²) in [5.41, 5.74) is 3.23. The van der Waals surface area contributed by atoms with Gasteiger partial charge in [0.15, 0.2) is 6.61 Å². The van der Waals surface area contributed by atoms with E-state index in [2.05, 4.69) is 21.2 Å². The Balaban J connectivity index is 1.80. The highest BCUT2D eigenvalue weighted by Gasteiger charge is 2.13. The van der Waals surface area contributed by atoms with E-state index in [9.17, 15) is 14.4 Å². The maximum absolute atomic E-state index is 12.0. The van der Waals surface area contributed by atoms with E-state index >= 15 is 0 Å². The van der Waals surface area contributed by atoms with Crippen LogP contribution in [-0.2, 0) is 14.4 Å². The molecule has 0 spiro atoms. The molecular weight excluding hydrogens is 431 g/mol. The third kappa shape index (κ3) is 7.73. The molecule has 0 aliphatic carbocycles. The summed E-state index contributed by atoms with van der Waals surface area (Å²) in [4.78, 5) is 35.0. The van der Waals surface area contributed by atoms with Gasteiger partial charge in [0.1, 0.15) is 5.75 Å². The van der Waals surface area contributed by atoms with Crippen LogP contribution in [0.15, 0.2) is 47.6 Å². The van der Waals surface area contributed by atoms with Crippen LogP contribution >= 0.6 is 23.2 Å². The second-order valence-corrected chi connectivity index (χ2v) is 7.20. The van der Waals surface area contributed by atoms with E-state index in [0.29, 0.717) is 27.0 Å². The lowest BCUT2D eigenvalue weighted by atomic mass is 10.2. The van der Waals surface area contributed by atoms with Crippen molar-refractivity contribution in [2.45, 2.75) is 19.9 Å². The van der Waals surface area contributed by atoms with E-state index in [1.165, 1.54) is 12.3 Å². The number of hydrogen-bond acceptors (Lipinski definition) is 5. The monoisotopic (exact) mass is 450 g/mol. The van der Waals surface area contributed by atoms with Gasteiger partial charge in [0, 0.05) is 11.1 Å². The summed E-state index contributed by atoms with van der Waals surface area (Å²) in [7, 11) is 0. The number of hydrazone groups is 1. The summed E-state index contributed by atoms with van der Waals surface area (Å²) in [6.07, 6.45) is 1.37. The number of ether oxygens (including phenoxy) is 1. The Morgan fingerprint density at radius 2 is 1.77 bits per heavy atom. The van der Waals surface area contributed by atoms with Gasteiger partial charge in [0.2, 0.25) is 0 Å². The number of nitrogens with one attached hydrogen (secondary N) is 3. The predicted molar refractivity (Wildman–Crippen MR) is 116 cm³/mol. The highest BCUT2D eigenvalue weighted by atomic mass is 35.5. The van der Waals surface area contributed by atoms with Crippen molar-refractivity contribution in [3.05, 3.63) is 58.1 Å². The molecule has 2 aromatic carbocycles. The van der Waals surface area contributed by atoms with E-state index in [1.807, 2.05) is 0 Å². The molecule has 0 atom stereocenters. The average Bonchev–Trinajstić information content (AvgIpc) is 2.69. The van der Waals surface area contributed by atoms with Gasteiger partial charge in [-0.25, -0.2) is 5.43 Å². The molecule has 0 aromatic heterocycles. The van der Waals surface area contributed by atoms with E-state index in [0.717, 1.165) is 0 Å². The minimum absolute atomic E-state index is 0.148. The SMILES string of the molecule is CC(C)NC(=O)C(=O)N/N=C\c1ccc(OCC(=O)Nc2ccc(Cl)cc2Cl)cc1. The van der Waals surface area contributed by atoms with Crippen LogP contribution in [0.4, 0.5) is 5.69 Å². The normalized spacial score (nSPS) is 10.7. The lowest BCUT2D eigenvalue weighted by Gasteiger charge is -2.09. The number of halogens is 2. The highest BCUT2D eigenvalue weighted by molar-refractivity contribution is 6.36. The quantitative estimate of drug-likeness (QED) is 0.342. The summed E-state index contributed by atoms with van der Waals surface area (Å²) >= 11 is 11.8. The van der Waals surface area contributed by atoms with Gasteiger partial charge < -0.3 is 15.4 Å². The van der Waals surface area contributed by atoms with Crippen molar-refractivity contribution < 1.29 is 19.1 Å². The summed E-state index contributed by atoms with van der Waals surface area (Å²) in [5.74, 6) is -1.53. The number of rotatable bonds is 7. The number of anilines is 1. The van der Waals surface area contributed by atoms with Gasteiger partial charge in [-0.05, 0) is 61.9 Å². The molecule has 30 heavy (non-hydrogen) atoms. The second kappa shape index (κ2) is 11.2. The van der Waals surface area contributed by atoms with Gasteiger partial charge in [0.05, 0.1) is 16.9 Å². The standard InChI is InChI=1S/C20H20Cl2N4O4/c1-12(2)24-19(28)20(29)26-23-10-13-3-6-15(7-4-13)30-11-18(27)25-17-8-5-14(21)9-16(17)22/h3-10,12H,11H2,1-2H3,(H,24,28)(H,25,27)(H,26,29)/b23-10-. The van der Waals surface area contributed by atoms with Gasteiger partial charge in [-0.1, -0.05) is 23.2 Å². The van der Waals surface area contributed by atoms with Gasteiger partial charge in [-0.2, -0.15) is 5.10 Å². The van der Waals surface area contributed by atoms with Gasteiger partial charge in [-0.3, -0.25) is 14.4 Å². The van der Waals surface area contributed by atoms with Crippen molar-refractivity contribution in [3.8, 4) is 5.75 Å².